The lowest BCUT2D eigenvalue weighted by Gasteiger charge is -2.14. The average molecular weight is 442 g/mol. The van der Waals surface area contributed by atoms with E-state index < -0.39 is 5.25 Å². The Kier molecular flexibility index (Phi) is 6.32. The molecule has 1 N–H and O–H groups in total. The van der Waals surface area contributed by atoms with Crippen LogP contribution < -0.4 is 5.32 Å². The fraction of sp³-hybridized carbons (Fsp3) is 0.167. The Labute approximate surface area is 176 Å². The molecule has 0 aliphatic heterocycles. The van der Waals surface area contributed by atoms with Crippen LogP contribution in [0.4, 0.5) is 5.69 Å². The number of anilines is 1. The predicted octanol–water partition coefficient (Wildman–Crippen LogP) is 5.66. The molecule has 1 heterocycles. The number of benzene rings is 2. The summed E-state index contributed by atoms with van der Waals surface area (Å²) in [4.78, 5) is 12.5. The van der Waals surface area contributed by atoms with Crippen LogP contribution >= 0.6 is 46.6 Å². The van der Waals surface area contributed by atoms with E-state index in [1.807, 2.05) is 25.1 Å². The minimum absolute atomic E-state index is 0.222. The zero-order valence-electron chi connectivity index (χ0n) is 14.4. The predicted molar refractivity (Wildman–Crippen MR) is 112 cm³/mol. The van der Waals surface area contributed by atoms with Crippen LogP contribution in [0.5, 0.6) is 0 Å². The minimum atomic E-state index is -0.441. The summed E-state index contributed by atoms with van der Waals surface area (Å²) in [6, 6.07) is 10.8. The maximum Gasteiger partial charge on any atom is 0.237 e. The number of halogens is 3. The summed E-state index contributed by atoms with van der Waals surface area (Å²) in [7, 11) is 0. The smallest absolute Gasteiger partial charge is 0.237 e. The lowest BCUT2D eigenvalue weighted by atomic mass is 10.2. The molecule has 1 amide bonds. The minimum Gasteiger partial charge on any atom is -0.324 e. The molecular formula is C18H15Cl3N4OS. The number of aryl methyl sites for hydroxylation is 1. The summed E-state index contributed by atoms with van der Waals surface area (Å²) in [6.45, 7) is 3.71. The fourth-order valence-corrected chi connectivity index (χ4v) is 3.62. The molecule has 3 rings (SSSR count). The number of amides is 1. The number of nitrogens with one attached hydrogen (secondary N) is 1. The van der Waals surface area contributed by atoms with Crippen LogP contribution in [0.25, 0.3) is 5.69 Å². The van der Waals surface area contributed by atoms with Crippen molar-refractivity contribution in [2.75, 3.05) is 5.32 Å². The third kappa shape index (κ3) is 4.58. The van der Waals surface area contributed by atoms with Crippen molar-refractivity contribution >= 4 is 58.2 Å². The highest BCUT2D eigenvalue weighted by molar-refractivity contribution is 8.00. The summed E-state index contributed by atoms with van der Waals surface area (Å²) in [6.07, 6.45) is 1.59. The standard InChI is InChI=1S/C18H15Cl3N4OS/c1-10-6-7-12(8-14(10)20)25-9-22-24-18(25)27-11(2)17(26)23-15-5-3-4-13(19)16(15)21/h3-9,11H,1-2H3,(H,23,26). The Balaban J connectivity index is 1.76. The van der Waals surface area contributed by atoms with E-state index in [0.717, 1.165) is 11.3 Å². The van der Waals surface area contributed by atoms with Crippen LogP contribution in [-0.4, -0.2) is 25.9 Å². The van der Waals surface area contributed by atoms with Crippen molar-refractivity contribution < 1.29 is 4.79 Å². The highest BCUT2D eigenvalue weighted by atomic mass is 35.5. The Bertz CT molecular complexity index is 992. The number of rotatable bonds is 5. The van der Waals surface area contributed by atoms with E-state index in [-0.39, 0.29) is 5.91 Å². The van der Waals surface area contributed by atoms with Gasteiger partial charge in [0.15, 0.2) is 5.16 Å². The van der Waals surface area contributed by atoms with Gasteiger partial charge in [0.2, 0.25) is 5.91 Å². The van der Waals surface area contributed by atoms with Gasteiger partial charge in [0, 0.05) is 5.02 Å². The highest BCUT2D eigenvalue weighted by Gasteiger charge is 2.20. The van der Waals surface area contributed by atoms with Crippen molar-refractivity contribution in [1.82, 2.24) is 14.8 Å². The van der Waals surface area contributed by atoms with E-state index in [1.54, 1.807) is 36.0 Å². The lowest BCUT2D eigenvalue weighted by molar-refractivity contribution is -0.115. The number of thioether (sulfide) groups is 1. The van der Waals surface area contributed by atoms with Crippen molar-refractivity contribution in [3.05, 3.63) is 63.4 Å². The molecule has 0 bridgehead atoms. The Morgan fingerprint density at radius 1 is 1.19 bits per heavy atom. The third-order valence-corrected chi connectivity index (χ3v) is 6.09. The Morgan fingerprint density at radius 3 is 2.70 bits per heavy atom. The van der Waals surface area contributed by atoms with E-state index >= 15 is 0 Å². The molecule has 140 valence electrons. The molecule has 3 aromatic rings. The normalized spacial score (nSPS) is 12.0. The maximum absolute atomic E-state index is 12.5. The van der Waals surface area contributed by atoms with E-state index in [2.05, 4.69) is 15.5 Å². The van der Waals surface area contributed by atoms with E-state index in [4.69, 9.17) is 34.8 Å². The lowest BCUT2D eigenvalue weighted by Crippen LogP contribution is -2.23. The molecule has 0 fully saturated rings. The molecule has 0 spiro atoms. The van der Waals surface area contributed by atoms with E-state index in [1.165, 1.54) is 11.8 Å². The van der Waals surface area contributed by atoms with E-state index in [0.29, 0.717) is 25.9 Å². The van der Waals surface area contributed by atoms with Gasteiger partial charge in [-0.05, 0) is 43.7 Å². The third-order valence-electron chi connectivity index (χ3n) is 3.81. The van der Waals surface area contributed by atoms with Gasteiger partial charge in [0.05, 0.1) is 26.7 Å². The number of hydrogen-bond donors (Lipinski definition) is 1. The Hall–Kier alpha value is -1.73. The fourth-order valence-electron chi connectivity index (χ4n) is 2.26. The number of carbonyl (C=O) groups excluding carboxylic acids is 1. The van der Waals surface area contributed by atoms with Crippen molar-refractivity contribution in [2.24, 2.45) is 0 Å². The summed E-state index contributed by atoms with van der Waals surface area (Å²) in [5, 5.41) is 12.3. The summed E-state index contributed by atoms with van der Waals surface area (Å²) in [5.41, 5.74) is 2.27. The van der Waals surface area contributed by atoms with Gasteiger partial charge in [-0.3, -0.25) is 9.36 Å². The van der Waals surface area contributed by atoms with Crippen LogP contribution in [0.3, 0.4) is 0 Å². The van der Waals surface area contributed by atoms with Crippen LogP contribution in [0.1, 0.15) is 12.5 Å². The molecule has 1 unspecified atom stereocenters. The molecule has 0 radical (unpaired) electrons. The molecule has 5 nitrogen and oxygen atoms in total. The number of nitrogens with zero attached hydrogens (tertiary/aromatic N) is 3. The zero-order valence-corrected chi connectivity index (χ0v) is 17.5. The maximum atomic E-state index is 12.5. The largest absolute Gasteiger partial charge is 0.324 e. The van der Waals surface area contributed by atoms with Crippen LogP contribution in [0.2, 0.25) is 15.1 Å². The molecule has 9 heteroatoms. The molecule has 27 heavy (non-hydrogen) atoms. The average Bonchev–Trinajstić information content (AvgIpc) is 3.09. The topological polar surface area (TPSA) is 59.8 Å². The SMILES string of the molecule is Cc1ccc(-n2cnnc2SC(C)C(=O)Nc2cccc(Cl)c2Cl)cc1Cl. The molecular weight excluding hydrogens is 427 g/mol. The van der Waals surface area contributed by atoms with E-state index in [9.17, 15) is 4.79 Å². The van der Waals surface area contributed by atoms with Gasteiger partial charge in [-0.15, -0.1) is 10.2 Å². The molecule has 1 atom stereocenters. The second kappa shape index (κ2) is 8.52. The van der Waals surface area contributed by atoms with Gasteiger partial charge in [-0.25, -0.2) is 0 Å². The molecule has 2 aromatic carbocycles. The molecule has 0 saturated carbocycles. The van der Waals surface area contributed by atoms with Crippen molar-refractivity contribution in [2.45, 2.75) is 24.3 Å². The van der Waals surface area contributed by atoms with Crippen LogP contribution in [-0.2, 0) is 4.79 Å². The summed E-state index contributed by atoms with van der Waals surface area (Å²) >= 11 is 19.6. The second-order valence-electron chi connectivity index (χ2n) is 5.77. The van der Waals surface area contributed by atoms with Gasteiger partial charge in [0.25, 0.3) is 0 Å². The van der Waals surface area contributed by atoms with Crippen molar-refractivity contribution in [3.63, 3.8) is 0 Å². The molecule has 1 aromatic heterocycles. The quantitative estimate of drug-likeness (QED) is 0.519. The molecule has 0 saturated heterocycles. The first kappa shape index (κ1) is 20.0. The number of hydrogen-bond acceptors (Lipinski definition) is 4. The first-order chi connectivity index (χ1) is 12.9. The van der Waals surface area contributed by atoms with Crippen LogP contribution in [0.15, 0.2) is 47.9 Å². The van der Waals surface area contributed by atoms with Gasteiger partial charge in [-0.2, -0.15) is 0 Å². The number of carbonyl (C=O) groups is 1. The van der Waals surface area contributed by atoms with Crippen molar-refractivity contribution in [1.29, 1.82) is 0 Å². The van der Waals surface area contributed by atoms with Gasteiger partial charge in [-0.1, -0.05) is 58.7 Å². The second-order valence-corrected chi connectivity index (χ2v) is 8.27. The van der Waals surface area contributed by atoms with Crippen molar-refractivity contribution in [3.8, 4) is 5.69 Å². The number of aromatic nitrogens is 3. The monoisotopic (exact) mass is 440 g/mol. The first-order valence-electron chi connectivity index (χ1n) is 7.95. The van der Waals surface area contributed by atoms with Gasteiger partial charge < -0.3 is 5.32 Å². The zero-order chi connectivity index (χ0) is 19.6. The van der Waals surface area contributed by atoms with Gasteiger partial charge in [0.1, 0.15) is 6.33 Å². The van der Waals surface area contributed by atoms with Gasteiger partial charge >= 0.3 is 0 Å². The summed E-state index contributed by atoms with van der Waals surface area (Å²) < 4.78 is 1.78. The van der Waals surface area contributed by atoms with Crippen LogP contribution in [0, 0.1) is 6.92 Å². The Morgan fingerprint density at radius 2 is 1.96 bits per heavy atom. The first-order valence-corrected chi connectivity index (χ1v) is 9.96. The summed E-state index contributed by atoms with van der Waals surface area (Å²) in [5.74, 6) is -0.222. The molecule has 0 aliphatic carbocycles. The molecule has 0 aliphatic rings. The highest BCUT2D eigenvalue weighted by Crippen LogP contribution is 2.31.